The molecule has 11 heavy (non-hydrogen) atoms. The summed E-state index contributed by atoms with van der Waals surface area (Å²) >= 11 is 0. The smallest absolute Gasteiger partial charge is 0.0869 e. The van der Waals surface area contributed by atoms with Crippen molar-refractivity contribution in [1.82, 2.24) is 9.80 Å². The molecule has 0 amide bonds. The molecule has 2 atom stereocenters. The van der Waals surface area contributed by atoms with Crippen molar-refractivity contribution in [1.29, 1.82) is 0 Å². The Morgan fingerprint density at radius 1 is 1.27 bits per heavy atom. The number of ether oxygens (including phenoxy) is 1. The number of fused-ring (bicyclic) bond motifs is 1. The van der Waals surface area contributed by atoms with Gasteiger partial charge < -0.3 is 9.64 Å². The number of likely N-dealkylation sites (tertiary alicyclic amines) is 1. The molecule has 0 spiro atoms. The Bertz CT molecular complexity index is 151. The topological polar surface area (TPSA) is 15.7 Å². The predicted molar refractivity (Wildman–Crippen MR) is 43.7 cm³/mol. The Morgan fingerprint density at radius 3 is 2.82 bits per heavy atom. The van der Waals surface area contributed by atoms with Gasteiger partial charge in [-0.2, -0.15) is 0 Å². The highest BCUT2D eigenvalue weighted by molar-refractivity contribution is 4.91. The maximum Gasteiger partial charge on any atom is 0.0869 e. The summed E-state index contributed by atoms with van der Waals surface area (Å²) in [4.78, 5) is 4.76. The van der Waals surface area contributed by atoms with Gasteiger partial charge in [0.05, 0.1) is 12.7 Å². The van der Waals surface area contributed by atoms with E-state index in [1.165, 1.54) is 6.54 Å². The summed E-state index contributed by atoms with van der Waals surface area (Å²) in [5, 5.41) is 0. The Kier molecular flexibility index (Phi) is 1.87. The SMILES string of the molecule is CN1CC2OCCN(C)C2C1. The molecule has 0 aliphatic carbocycles. The first kappa shape index (κ1) is 7.53. The van der Waals surface area contributed by atoms with Gasteiger partial charge >= 0.3 is 0 Å². The van der Waals surface area contributed by atoms with Crippen molar-refractivity contribution in [2.75, 3.05) is 40.3 Å². The van der Waals surface area contributed by atoms with Crippen LogP contribution in [0.4, 0.5) is 0 Å². The van der Waals surface area contributed by atoms with Gasteiger partial charge in [-0.25, -0.2) is 0 Å². The van der Waals surface area contributed by atoms with Gasteiger partial charge in [0.2, 0.25) is 0 Å². The van der Waals surface area contributed by atoms with Crippen LogP contribution >= 0.6 is 0 Å². The van der Waals surface area contributed by atoms with Gasteiger partial charge in [0.25, 0.3) is 0 Å². The third-order valence-electron chi connectivity index (χ3n) is 2.76. The van der Waals surface area contributed by atoms with E-state index in [1.54, 1.807) is 0 Å². The van der Waals surface area contributed by atoms with Gasteiger partial charge in [0.15, 0.2) is 0 Å². The number of hydrogen-bond acceptors (Lipinski definition) is 3. The molecule has 0 N–H and O–H groups in total. The molecular weight excluding hydrogens is 140 g/mol. The Hall–Kier alpha value is -0.120. The van der Waals surface area contributed by atoms with E-state index >= 15 is 0 Å². The van der Waals surface area contributed by atoms with E-state index in [9.17, 15) is 0 Å². The molecule has 0 radical (unpaired) electrons. The molecule has 0 aromatic rings. The van der Waals surface area contributed by atoms with E-state index < -0.39 is 0 Å². The number of likely N-dealkylation sites (N-methyl/N-ethyl adjacent to an activating group) is 2. The molecule has 2 rings (SSSR count). The minimum Gasteiger partial charge on any atom is -0.374 e. The molecule has 3 heteroatoms. The van der Waals surface area contributed by atoms with Crippen LogP contribution in [-0.2, 0) is 4.74 Å². The number of rotatable bonds is 0. The Morgan fingerprint density at radius 2 is 2.09 bits per heavy atom. The van der Waals surface area contributed by atoms with Gasteiger partial charge in [-0.1, -0.05) is 0 Å². The molecule has 0 saturated carbocycles. The van der Waals surface area contributed by atoms with Crippen molar-refractivity contribution in [2.24, 2.45) is 0 Å². The van der Waals surface area contributed by atoms with E-state index in [2.05, 4.69) is 23.9 Å². The lowest BCUT2D eigenvalue weighted by Crippen LogP contribution is -2.48. The molecule has 0 aromatic heterocycles. The number of nitrogens with zero attached hydrogens (tertiary/aromatic N) is 2. The highest BCUT2D eigenvalue weighted by Gasteiger charge is 2.36. The van der Waals surface area contributed by atoms with Gasteiger partial charge in [-0.15, -0.1) is 0 Å². The fourth-order valence-electron chi connectivity index (χ4n) is 2.04. The highest BCUT2D eigenvalue weighted by Crippen LogP contribution is 2.19. The van der Waals surface area contributed by atoms with Crippen molar-refractivity contribution in [2.45, 2.75) is 12.1 Å². The molecule has 2 fully saturated rings. The summed E-state index contributed by atoms with van der Waals surface area (Å²) in [6.45, 7) is 4.27. The lowest BCUT2D eigenvalue weighted by molar-refractivity contribution is -0.0368. The van der Waals surface area contributed by atoms with E-state index in [-0.39, 0.29) is 0 Å². The summed E-state index contributed by atoms with van der Waals surface area (Å²) < 4.78 is 5.66. The van der Waals surface area contributed by atoms with Crippen LogP contribution in [0.25, 0.3) is 0 Å². The van der Waals surface area contributed by atoms with Crippen molar-refractivity contribution >= 4 is 0 Å². The molecule has 3 nitrogen and oxygen atoms in total. The molecular formula is C8H16N2O. The maximum absolute atomic E-state index is 5.66. The van der Waals surface area contributed by atoms with Crippen LogP contribution in [-0.4, -0.2) is 62.3 Å². The Labute approximate surface area is 67.9 Å². The first-order valence-electron chi connectivity index (χ1n) is 4.28. The van der Waals surface area contributed by atoms with Crippen molar-refractivity contribution in [3.8, 4) is 0 Å². The van der Waals surface area contributed by atoms with E-state index in [4.69, 9.17) is 4.74 Å². The zero-order chi connectivity index (χ0) is 7.84. The lowest BCUT2D eigenvalue weighted by atomic mass is 10.1. The summed E-state index contributed by atoms with van der Waals surface area (Å²) in [7, 11) is 4.36. The molecule has 2 heterocycles. The average molecular weight is 156 g/mol. The standard InChI is InChI=1S/C8H16N2O/c1-9-5-7-8(6-9)11-4-3-10(7)2/h7-8H,3-6H2,1-2H3. The van der Waals surface area contributed by atoms with E-state index in [0.717, 1.165) is 19.7 Å². The fraction of sp³-hybridized carbons (Fsp3) is 1.00. The van der Waals surface area contributed by atoms with Crippen molar-refractivity contribution in [3.63, 3.8) is 0 Å². The van der Waals surface area contributed by atoms with E-state index in [1.807, 2.05) is 0 Å². The minimum atomic E-state index is 0.471. The zero-order valence-electron chi connectivity index (χ0n) is 7.29. The number of hydrogen-bond donors (Lipinski definition) is 0. The highest BCUT2D eigenvalue weighted by atomic mass is 16.5. The second-order valence-corrected chi connectivity index (χ2v) is 3.68. The normalized spacial score (nSPS) is 40.9. The summed E-state index contributed by atoms with van der Waals surface area (Å²) in [5.41, 5.74) is 0. The molecule has 2 aliphatic rings. The van der Waals surface area contributed by atoms with E-state index in [0.29, 0.717) is 12.1 Å². The Balaban J connectivity index is 2.03. The summed E-state index contributed by atoms with van der Waals surface area (Å²) in [6, 6.07) is 0.647. The van der Waals surface area contributed by atoms with Gasteiger partial charge in [0.1, 0.15) is 0 Å². The van der Waals surface area contributed by atoms with Gasteiger partial charge in [-0.05, 0) is 14.1 Å². The van der Waals surface area contributed by atoms with Gasteiger partial charge in [-0.3, -0.25) is 4.90 Å². The van der Waals surface area contributed by atoms with Crippen LogP contribution in [0.3, 0.4) is 0 Å². The average Bonchev–Trinajstić information content (AvgIpc) is 2.31. The van der Waals surface area contributed by atoms with Gasteiger partial charge in [0, 0.05) is 25.7 Å². The molecule has 2 saturated heterocycles. The second-order valence-electron chi connectivity index (χ2n) is 3.68. The number of morpholine rings is 1. The largest absolute Gasteiger partial charge is 0.374 e. The maximum atomic E-state index is 5.66. The monoisotopic (exact) mass is 156 g/mol. The van der Waals surface area contributed by atoms with Crippen LogP contribution in [0.5, 0.6) is 0 Å². The van der Waals surface area contributed by atoms with Crippen molar-refractivity contribution < 1.29 is 4.74 Å². The van der Waals surface area contributed by atoms with Crippen LogP contribution in [0, 0.1) is 0 Å². The molecule has 64 valence electrons. The summed E-state index contributed by atoms with van der Waals surface area (Å²) in [5.74, 6) is 0. The van der Waals surface area contributed by atoms with Crippen LogP contribution in [0.15, 0.2) is 0 Å². The lowest BCUT2D eigenvalue weighted by Gasteiger charge is -2.33. The van der Waals surface area contributed by atoms with Crippen LogP contribution in [0.2, 0.25) is 0 Å². The minimum absolute atomic E-state index is 0.471. The van der Waals surface area contributed by atoms with Crippen molar-refractivity contribution in [3.05, 3.63) is 0 Å². The molecule has 0 bridgehead atoms. The third kappa shape index (κ3) is 1.28. The third-order valence-corrected chi connectivity index (χ3v) is 2.76. The molecule has 2 aliphatic heterocycles. The summed E-state index contributed by atoms with van der Waals surface area (Å²) in [6.07, 6.45) is 0.471. The first-order valence-corrected chi connectivity index (χ1v) is 4.28. The van der Waals surface area contributed by atoms with Crippen LogP contribution < -0.4 is 0 Å². The zero-order valence-corrected chi connectivity index (χ0v) is 7.29. The molecule has 2 unspecified atom stereocenters. The second kappa shape index (κ2) is 2.73. The predicted octanol–water partition coefficient (Wildman–Crippen LogP) is -0.369. The fourth-order valence-corrected chi connectivity index (χ4v) is 2.04. The van der Waals surface area contributed by atoms with Crippen LogP contribution in [0.1, 0.15) is 0 Å². The first-order chi connectivity index (χ1) is 5.27. The molecule has 0 aromatic carbocycles. The quantitative estimate of drug-likeness (QED) is 0.476.